The maximum atomic E-state index is 13.1. The van der Waals surface area contributed by atoms with Crippen LogP contribution in [0.2, 0.25) is 5.02 Å². The van der Waals surface area contributed by atoms with Gasteiger partial charge in [0, 0.05) is 10.6 Å². The molecule has 1 aromatic heterocycles. The van der Waals surface area contributed by atoms with E-state index in [4.69, 9.17) is 25.8 Å². The molecular weight excluding hydrogens is 525 g/mol. The first-order valence-corrected chi connectivity index (χ1v) is 11.5. The fourth-order valence-corrected chi connectivity index (χ4v) is 3.93. The number of carbonyl (C=O) groups is 2. The molecular formula is C27H20ClF3N2O5. The summed E-state index contributed by atoms with van der Waals surface area (Å²) in [5.74, 6) is -1.56. The van der Waals surface area contributed by atoms with Crippen molar-refractivity contribution in [2.24, 2.45) is 0 Å². The van der Waals surface area contributed by atoms with Gasteiger partial charge in [-0.15, -0.1) is 0 Å². The molecule has 0 bridgehead atoms. The van der Waals surface area contributed by atoms with Gasteiger partial charge in [-0.3, -0.25) is 0 Å². The van der Waals surface area contributed by atoms with E-state index in [-0.39, 0.29) is 45.5 Å². The van der Waals surface area contributed by atoms with Crippen molar-refractivity contribution in [3.8, 4) is 22.7 Å². The van der Waals surface area contributed by atoms with E-state index >= 15 is 0 Å². The van der Waals surface area contributed by atoms with E-state index in [1.807, 2.05) is 0 Å². The average molecular weight is 545 g/mol. The van der Waals surface area contributed by atoms with Crippen molar-refractivity contribution < 1.29 is 37.0 Å². The largest absolute Gasteiger partial charge is 0.488 e. The van der Waals surface area contributed by atoms with Gasteiger partial charge in [0.15, 0.2) is 5.69 Å². The van der Waals surface area contributed by atoms with Gasteiger partial charge in [0.2, 0.25) is 0 Å². The van der Waals surface area contributed by atoms with Crippen molar-refractivity contribution in [3.63, 3.8) is 0 Å². The molecule has 0 spiro atoms. The Morgan fingerprint density at radius 2 is 1.63 bits per heavy atom. The molecule has 0 aliphatic rings. The molecule has 0 N–H and O–H groups in total. The number of ether oxygens (including phenoxy) is 3. The minimum absolute atomic E-state index is 0.00245. The number of nitrogens with zero attached hydrogens (tertiary/aromatic N) is 2. The Labute approximate surface area is 220 Å². The molecule has 38 heavy (non-hydrogen) atoms. The van der Waals surface area contributed by atoms with Crippen molar-refractivity contribution in [1.29, 1.82) is 0 Å². The summed E-state index contributed by atoms with van der Waals surface area (Å²) < 4.78 is 56.4. The minimum Gasteiger partial charge on any atom is -0.488 e. The van der Waals surface area contributed by atoms with E-state index in [1.54, 1.807) is 30.3 Å². The quantitative estimate of drug-likeness (QED) is 0.252. The number of methoxy groups -OCH3 is 2. The summed E-state index contributed by atoms with van der Waals surface area (Å²) in [6.45, 7) is -0.227. The molecule has 11 heteroatoms. The van der Waals surface area contributed by atoms with Crippen LogP contribution in [-0.2, 0) is 22.3 Å². The smallest absolute Gasteiger partial charge is 0.416 e. The number of aromatic nitrogens is 2. The second-order valence-electron chi connectivity index (χ2n) is 7.93. The number of carbonyl (C=O) groups excluding carboxylic acids is 2. The molecule has 0 aliphatic carbocycles. The highest BCUT2D eigenvalue weighted by Crippen LogP contribution is 2.37. The zero-order valence-electron chi connectivity index (χ0n) is 20.1. The lowest BCUT2D eigenvalue weighted by atomic mass is 10.0. The summed E-state index contributed by atoms with van der Waals surface area (Å²) in [6, 6.07) is 17.7. The fourth-order valence-electron chi connectivity index (χ4n) is 3.75. The first-order valence-electron chi connectivity index (χ1n) is 11.1. The summed E-state index contributed by atoms with van der Waals surface area (Å²) in [5, 5.41) is 4.78. The monoisotopic (exact) mass is 544 g/mol. The zero-order valence-corrected chi connectivity index (χ0v) is 20.8. The molecule has 0 unspecified atom stereocenters. The lowest BCUT2D eigenvalue weighted by Gasteiger charge is -2.13. The van der Waals surface area contributed by atoms with Crippen molar-refractivity contribution >= 4 is 23.5 Å². The molecule has 0 saturated carbocycles. The first-order chi connectivity index (χ1) is 18.1. The third-order valence-electron chi connectivity index (χ3n) is 5.50. The van der Waals surface area contributed by atoms with Crippen molar-refractivity contribution in [2.75, 3.05) is 14.2 Å². The van der Waals surface area contributed by atoms with E-state index in [1.165, 1.54) is 35.0 Å². The third-order valence-corrected chi connectivity index (χ3v) is 5.73. The lowest BCUT2D eigenvalue weighted by molar-refractivity contribution is -0.137. The Bertz CT molecular complexity index is 1490. The first kappa shape index (κ1) is 26.7. The van der Waals surface area contributed by atoms with Crippen LogP contribution in [0.1, 0.15) is 32.0 Å². The maximum absolute atomic E-state index is 13.1. The summed E-state index contributed by atoms with van der Waals surface area (Å²) in [7, 11) is 2.31. The van der Waals surface area contributed by atoms with E-state index in [0.717, 1.165) is 26.4 Å². The van der Waals surface area contributed by atoms with E-state index in [2.05, 4.69) is 5.10 Å². The lowest BCUT2D eigenvalue weighted by Crippen LogP contribution is -2.15. The summed E-state index contributed by atoms with van der Waals surface area (Å²) in [4.78, 5) is 25.8. The number of hydrogen-bond donors (Lipinski definition) is 0. The predicted octanol–water partition coefficient (Wildman–Crippen LogP) is 6.36. The Hall–Kier alpha value is -4.31. The molecule has 7 nitrogen and oxygen atoms in total. The van der Waals surface area contributed by atoms with Crippen LogP contribution < -0.4 is 4.74 Å². The van der Waals surface area contributed by atoms with Gasteiger partial charge in [0.1, 0.15) is 23.6 Å². The van der Waals surface area contributed by atoms with Gasteiger partial charge in [-0.05, 0) is 48.0 Å². The predicted molar refractivity (Wildman–Crippen MR) is 132 cm³/mol. The molecule has 3 aromatic carbocycles. The van der Waals surface area contributed by atoms with Crippen LogP contribution in [0.4, 0.5) is 13.2 Å². The normalized spacial score (nSPS) is 11.2. The van der Waals surface area contributed by atoms with Crippen LogP contribution in [0, 0.1) is 0 Å². The van der Waals surface area contributed by atoms with Crippen LogP contribution in [0.3, 0.4) is 0 Å². The van der Waals surface area contributed by atoms with Gasteiger partial charge in [-0.25, -0.2) is 14.3 Å². The Balaban J connectivity index is 1.86. The van der Waals surface area contributed by atoms with Crippen molar-refractivity contribution in [2.45, 2.75) is 12.8 Å². The second-order valence-corrected chi connectivity index (χ2v) is 8.37. The highest BCUT2D eigenvalue weighted by Gasteiger charge is 2.33. The molecule has 0 saturated heterocycles. The Kier molecular flexibility index (Phi) is 7.72. The average Bonchev–Trinajstić information content (AvgIpc) is 3.32. The number of alkyl halides is 3. The number of esters is 2. The fraction of sp³-hybridized carbons (Fsp3) is 0.148. The number of halogens is 4. The Morgan fingerprint density at radius 1 is 0.921 bits per heavy atom. The molecule has 0 radical (unpaired) electrons. The molecule has 0 aliphatic heterocycles. The SMILES string of the molecule is COC(=O)c1c(-c2cc(Cl)ccc2OCc2cccc(C(F)(F)F)c2)nn(-c2ccccc2)c1C(=O)OC. The van der Waals surface area contributed by atoms with Gasteiger partial charge < -0.3 is 14.2 Å². The molecule has 1 heterocycles. The van der Waals surface area contributed by atoms with Crippen LogP contribution in [0.25, 0.3) is 16.9 Å². The molecule has 0 amide bonds. The van der Waals surface area contributed by atoms with Gasteiger partial charge in [-0.2, -0.15) is 18.3 Å². The van der Waals surface area contributed by atoms with Crippen LogP contribution in [-0.4, -0.2) is 35.9 Å². The summed E-state index contributed by atoms with van der Waals surface area (Å²) in [6.07, 6.45) is -4.51. The zero-order chi connectivity index (χ0) is 27.4. The van der Waals surface area contributed by atoms with Crippen LogP contribution in [0.15, 0.2) is 72.8 Å². The number of rotatable bonds is 7. The topological polar surface area (TPSA) is 79.7 Å². The number of para-hydroxylation sites is 1. The van der Waals surface area contributed by atoms with Crippen molar-refractivity contribution in [3.05, 3.63) is 100 Å². The molecule has 4 aromatic rings. The molecule has 4 rings (SSSR count). The Morgan fingerprint density at radius 3 is 2.29 bits per heavy atom. The number of benzene rings is 3. The highest BCUT2D eigenvalue weighted by atomic mass is 35.5. The van der Waals surface area contributed by atoms with E-state index < -0.39 is 23.7 Å². The van der Waals surface area contributed by atoms with Crippen LogP contribution >= 0.6 is 11.6 Å². The third kappa shape index (κ3) is 5.50. The van der Waals surface area contributed by atoms with Crippen LogP contribution in [0.5, 0.6) is 5.75 Å². The second kappa shape index (κ2) is 11.0. The standard InChI is InChI=1S/C27H20ClF3N2O5/c1-36-25(34)22-23(32-33(24(22)26(35)37-2)19-9-4-3-5-10-19)20-14-18(28)11-12-21(20)38-15-16-7-6-8-17(13-16)27(29,30)31/h3-14H,15H2,1-2H3. The molecule has 196 valence electrons. The summed E-state index contributed by atoms with van der Waals surface area (Å²) >= 11 is 6.25. The highest BCUT2D eigenvalue weighted by molar-refractivity contribution is 6.31. The van der Waals surface area contributed by atoms with Gasteiger partial charge in [0.25, 0.3) is 0 Å². The minimum atomic E-state index is -4.51. The van der Waals surface area contributed by atoms with E-state index in [0.29, 0.717) is 5.69 Å². The molecule has 0 fully saturated rings. The van der Waals surface area contributed by atoms with Gasteiger partial charge in [0.05, 0.1) is 25.5 Å². The maximum Gasteiger partial charge on any atom is 0.416 e. The van der Waals surface area contributed by atoms with E-state index in [9.17, 15) is 22.8 Å². The van der Waals surface area contributed by atoms with Crippen molar-refractivity contribution in [1.82, 2.24) is 9.78 Å². The summed E-state index contributed by atoms with van der Waals surface area (Å²) in [5.41, 5.74) is -0.268. The number of hydrogen-bond acceptors (Lipinski definition) is 6. The van der Waals surface area contributed by atoms with Gasteiger partial charge in [-0.1, -0.05) is 41.9 Å². The molecule has 0 atom stereocenters. The van der Waals surface area contributed by atoms with Gasteiger partial charge >= 0.3 is 18.1 Å².